The minimum absolute atomic E-state index is 0.521. The molecule has 0 amide bonds. The highest BCUT2D eigenvalue weighted by Gasteiger charge is 1.99. The standard InChI is InChI=1S/C18H21N3O/c1-21-18(20)16-8-10-17(11-9-16)22-13-15-6-4-14(5-7-15)3-2-12-19/h2-11H,12-13,19H2,1H3,(H2,20,21)/b3-2+. The van der Waals surface area contributed by atoms with Gasteiger partial charge in [-0.3, -0.25) is 4.99 Å². The second kappa shape index (κ2) is 8.00. The molecule has 4 N–H and O–H groups in total. The van der Waals surface area contributed by atoms with E-state index < -0.39 is 0 Å². The van der Waals surface area contributed by atoms with Crippen molar-refractivity contribution in [1.82, 2.24) is 0 Å². The molecule has 0 saturated carbocycles. The second-order valence-corrected chi connectivity index (χ2v) is 4.80. The predicted molar refractivity (Wildman–Crippen MR) is 92.0 cm³/mol. The molecule has 2 aromatic carbocycles. The fourth-order valence-electron chi connectivity index (χ4n) is 1.95. The van der Waals surface area contributed by atoms with Crippen LogP contribution in [0.15, 0.2) is 59.6 Å². The van der Waals surface area contributed by atoms with Crippen LogP contribution in [0.4, 0.5) is 0 Å². The molecule has 0 unspecified atom stereocenters. The SMILES string of the molecule is CN=C(N)c1ccc(OCc2ccc(/C=C/CN)cc2)cc1. The Morgan fingerprint density at radius 2 is 1.77 bits per heavy atom. The fraction of sp³-hybridized carbons (Fsp3) is 0.167. The van der Waals surface area contributed by atoms with Gasteiger partial charge in [-0.05, 0) is 35.4 Å². The molecular weight excluding hydrogens is 274 g/mol. The van der Waals surface area contributed by atoms with Crippen LogP contribution in [0, 0.1) is 0 Å². The highest BCUT2D eigenvalue weighted by molar-refractivity contribution is 5.97. The molecular formula is C18H21N3O. The van der Waals surface area contributed by atoms with E-state index in [1.54, 1.807) is 7.05 Å². The van der Waals surface area contributed by atoms with Gasteiger partial charge in [0.2, 0.25) is 0 Å². The van der Waals surface area contributed by atoms with E-state index in [2.05, 4.69) is 4.99 Å². The van der Waals surface area contributed by atoms with Crippen LogP contribution in [0.5, 0.6) is 5.75 Å². The van der Waals surface area contributed by atoms with Crippen molar-refractivity contribution < 1.29 is 4.74 Å². The molecule has 0 radical (unpaired) electrons. The number of aliphatic imine (C=N–C) groups is 1. The molecule has 0 atom stereocenters. The average Bonchev–Trinajstić information content (AvgIpc) is 2.58. The Morgan fingerprint density at radius 1 is 1.09 bits per heavy atom. The van der Waals surface area contributed by atoms with Crippen molar-refractivity contribution >= 4 is 11.9 Å². The lowest BCUT2D eigenvalue weighted by molar-refractivity contribution is 0.306. The number of rotatable bonds is 6. The zero-order chi connectivity index (χ0) is 15.8. The third-order valence-electron chi connectivity index (χ3n) is 3.22. The van der Waals surface area contributed by atoms with Gasteiger partial charge in [0.25, 0.3) is 0 Å². The number of nitrogens with zero attached hydrogens (tertiary/aromatic N) is 1. The Morgan fingerprint density at radius 3 is 2.36 bits per heavy atom. The van der Waals surface area contributed by atoms with Gasteiger partial charge in [-0.2, -0.15) is 0 Å². The number of amidine groups is 1. The van der Waals surface area contributed by atoms with Gasteiger partial charge < -0.3 is 16.2 Å². The lowest BCUT2D eigenvalue weighted by atomic mass is 10.1. The first-order chi connectivity index (χ1) is 10.7. The summed E-state index contributed by atoms with van der Waals surface area (Å²) < 4.78 is 5.76. The Labute approximate surface area is 131 Å². The van der Waals surface area contributed by atoms with E-state index in [4.69, 9.17) is 16.2 Å². The van der Waals surface area contributed by atoms with E-state index in [1.165, 1.54) is 0 Å². The average molecular weight is 295 g/mol. The molecule has 0 aromatic heterocycles. The Hall–Kier alpha value is -2.59. The molecule has 0 fully saturated rings. The highest BCUT2D eigenvalue weighted by atomic mass is 16.5. The zero-order valence-electron chi connectivity index (χ0n) is 12.7. The third-order valence-corrected chi connectivity index (χ3v) is 3.22. The molecule has 2 rings (SSSR count). The summed E-state index contributed by atoms with van der Waals surface area (Å²) in [5.74, 6) is 1.33. The van der Waals surface area contributed by atoms with Crippen LogP contribution < -0.4 is 16.2 Å². The van der Waals surface area contributed by atoms with Crippen molar-refractivity contribution in [3.8, 4) is 5.75 Å². The molecule has 4 heteroatoms. The fourth-order valence-corrected chi connectivity index (χ4v) is 1.95. The summed E-state index contributed by atoms with van der Waals surface area (Å²) in [5, 5.41) is 0. The highest BCUT2D eigenvalue weighted by Crippen LogP contribution is 2.15. The summed E-state index contributed by atoms with van der Waals surface area (Å²) in [5.41, 5.74) is 14.3. The molecule has 0 aliphatic carbocycles. The minimum atomic E-state index is 0.521. The molecule has 114 valence electrons. The maximum Gasteiger partial charge on any atom is 0.125 e. The predicted octanol–water partition coefficient (Wildman–Crippen LogP) is 2.57. The number of nitrogens with two attached hydrogens (primary N) is 2. The Bertz CT molecular complexity index is 643. The lowest BCUT2D eigenvalue weighted by Gasteiger charge is -2.07. The monoisotopic (exact) mass is 295 g/mol. The number of benzene rings is 2. The molecule has 0 spiro atoms. The first kappa shape index (κ1) is 15.8. The first-order valence-corrected chi connectivity index (χ1v) is 7.14. The van der Waals surface area contributed by atoms with Crippen LogP contribution in [0.25, 0.3) is 6.08 Å². The number of hydrogen-bond donors (Lipinski definition) is 2. The van der Waals surface area contributed by atoms with E-state index in [0.717, 1.165) is 22.4 Å². The topological polar surface area (TPSA) is 73.6 Å². The van der Waals surface area contributed by atoms with Gasteiger partial charge in [-0.1, -0.05) is 36.4 Å². The van der Waals surface area contributed by atoms with Gasteiger partial charge in [0, 0.05) is 19.2 Å². The summed E-state index contributed by atoms with van der Waals surface area (Å²) in [6, 6.07) is 15.8. The van der Waals surface area contributed by atoms with Gasteiger partial charge in [-0.25, -0.2) is 0 Å². The van der Waals surface area contributed by atoms with E-state index in [1.807, 2.05) is 60.7 Å². The molecule has 0 saturated heterocycles. The Balaban J connectivity index is 1.93. The van der Waals surface area contributed by atoms with Crippen LogP contribution in [-0.2, 0) is 6.61 Å². The second-order valence-electron chi connectivity index (χ2n) is 4.80. The number of hydrogen-bond acceptors (Lipinski definition) is 3. The lowest BCUT2D eigenvalue weighted by Crippen LogP contribution is -2.12. The van der Waals surface area contributed by atoms with Gasteiger partial charge in [0.1, 0.15) is 18.2 Å². The van der Waals surface area contributed by atoms with Crippen molar-refractivity contribution in [2.75, 3.05) is 13.6 Å². The summed E-state index contributed by atoms with van der Waals surface area (Å²) in [6.07, 6.45) is 3.93. The Kier molecular flexibility index (Phi) is 5.74. The van der Waals surface area contributed by atoms with E-state index >= 15 is 0 Å². The first-order valence-electron chi connectivity index (χ1n) is 7.14. The molecule has 4 nitrogen and oxygen atoms in total. The summed E-state index contributed by atoms with van der Waals surface area (Å²) in [7, 11) is 1.67. The summed E-state index contributed by atoms with van der Waals surface area (Å²) in [6.45, 7) is 1.08. The van der Waals surface area contributed by atoms with Crippen molar-refractivity contribution in [2.45, 2.75) is 6.61 Å². The van der Waals surface area contributed by atoms with Gasteiger partial charge in [0.05, 0.1) is 0 Å². The molecule has 0 bridgehead atoms. The smallest absolute Gasteiger partial charge is 0.125 e. The molecule has 0 aliphatic heterocycles. The van der Waals surface area contributed by atoms with Crippen molar-refractivity contribution in [3.05, 3.63) is 71.3 Å². The van der Waals surface area contributed by atoms with Crippen molar-refractivity contribution in [2.24, 2.45) is 16.5 Å². The summed E-state index contributed by atoms with van der Waals surface area (Å²) >= 11 is 0. The molecule has 2 aromatic rings. The van der Waals surface area contributed by atoms with Gasteiger partial charge >= 0.3 is 0 Å². The summed E-state index contributed by atoms with van der Waals surface area (Å²) in [4.78, 5) is 3.95. The largest absolute Gasteiger partial charge is 0.489 e. The normalized spacial score (nSPS) is 11.8. The van der Waals surface area contributed by atoms with Gasteiger partial charge in [-0.15, -0.1) is 0 Å². The van der Waals surface area contributed by atoms with Gasteiger partial charge in [0.15, 0.2) is 0 Å². The maximum atomic E-state index is 5.76. The minimum Gasteiger partial charge on any atom is -0.489 e. The van der Waals surface area contributed by atoms with Crippen LogP contribution >= 0.6 is 0 Å². The zero-order valence-corrected chi connectivity index (χ0v) is 12.7. The van der Waals surface area contributed by atoms with Crippen LogP contribution in [0.2, 0.25) is 0 Å². The van der Waals surface area contributed by atoms with E-state index in [0.29, 0.717) is 19.0 Å². The van der Waals surface area contributed by atoms with Crippen molar-refractivity contribution in [1.29, 1.82) is 0 Å². The number of ether oxygens (including phenoxy) is 1. The van der Waals surface area contributed by atoms with Crippen LogP contribution in [-0.4, -0.2) is 19.4 Å². The molecule has 0 aliphatic rings. The maximum absolute atomic E-state index is 5.76. The molecule has 0 heterocycles. The van der Waals surface area contributed by atoms with Crippen molar-refractivity contribution in [3.63, 3.8) is 0 Å². The van der Waals surface area contributed by atoms with Crippen LogP contribution in [0.1, 0.15) is 16.7 Å². The van der Waals surface area contributed by atoms with Crippen LogP contribution in [0.3, 0.4) is 0 Å². The van der Waals surface area contributed by atoms with E-state index in [-0.39, 0.29) is 0 Å². The quantitative estimate of drug-likeness (QED) is 0.635. The third kappa shape index (κ3) is 4.46. The van der Waals surface area contributed by atoms with E-state index in [9.17, 15) is 0 Å². The molecule has 22 heavy (non-hydrogen) atoms.